The maximum absolute atomic E-state index is 16.0. The predicted molar refractivity (Wildman–Crippen MR) is 541 cm³/mol. The van der Waals surface area contributed by atoms with Crippen LogP contribution in [0.3, 0.4) is 0 Å². The third kappa shape index (κ3) is 44.5. The highest BCUT2D eigenvalue weighted by atomic mass is 33.1. The molecule has 0 unspecified atom stereocenters. The number of nitrogens with two attached hydrogens (primary N) is 10. The molecule has 0 spiro atoms. The Hall–Kier alpha value is -15.2. The number of primary amides is 4. The van der Waals surface area contributed by atoms with Crippen LogP contribution in [0.25, 0.3) is 10.8 Å². The van der Waals surface area contributed by atoms with Crippen LogP contribution in [0.15, 0.2) is 91.0 Å². The summed E-state index contributed by atoms with van der Waals surface area (Å²) in [5.74, 6) is -17.9. The van der Waals surface area contributed by atoms with Gasteiger partial charge in [-0.3, -0.25) is 88.8 Å². The fraction of sp³-hybridized carbons (Fsp3) is 0.522. The van der Waals surface area contributed by atoms with Crippen molar-refractivity contribution in [2.24, 2.45) is 57.3 Å². The number of nitrogens with zero attached hydrogens (tertiary/aromatic N) is 1. The molecule has 2 aliphatic rings. The van der Waals surface area contributed by atoms with Gasteiger partial charge in [-0.1, -0.05) is 88.3 Å². The molecule has 45 N–H and O–H groups in total. The lowest BCUT2D eigenvalue weighted by Gasteiger charge is -2.31. The molecular weight excluding hydrogens is 1930 g/mol. The summed E-state index contributed by atoms with van der Waals surface area (Å²) in [5.41, 5.74) is 57.9. The van der Waals surface area contributed by atoms with Crippen LogP contribution in [0.1, 0.15) is 139 Å². The lowest BCUT2D eigenvalue weighted by atomic mass is 10.00. The first-order valence-corrected chi connectivity index (χ1v) is 50.0. The molecule has 14 atom stereocenters. The number of amides is 20. The van der Waals surface area contributed by atoms with Crippen LogP contribution in [0.5, 0.6) is 11.5 Å². The van der Waals surface area contributed by atoms with Crippen LogP contribution >= 0.6 is 21.6 Å². The number of carbonyl (C=O) groups excluding carboxylic acids is 17. The van der Waals surface area contributed by atoms with Crippen molar-refractivity contribution in [1.82, 2.24) is 106 Å². The Bertz CT molecular complexity index is 5090. The van der Waals surface area contributed by atoms with E-state index in [1.807, 2.05) is 6.07 Å². The summed E-state index contributed by atoms with van der Waals surface area (Å²) >= 11 is 0. The lowest BCUT2D eigenvalue weighted by molar-refractivity contribution is -0.142. The molecule has 0 aromatic heterocycles. The maximum Gasteiger partial charge on any atom is 0.312 e. The number of guanidine groups is 4. The normalized spacial score (nSPS) is 20.0. The molecule has 6 rings (SSSR count). The molecule has 0 bridgehead atoms. The van der Waals surface area contributed by atoms with Crippen molar-refractivity contribution in [1.29, 1.82) is 21.6 Å². The van der Waals surface area contributed by atoms with Crippen LogP contribution in [-0.2, 0) is 86.4 Å². The highest BCUT2D eigenvalue weighted by Gasteiger charge is 2.43. The lowest BCUT2D eigenvalue weighted by Crippen LogP contribution is -2.61. The summed E-state index contributed by atoms with van der Waals surface area (Å²) in [6, 6.07) is -2.68. The smallest absolute Gasteiger partial charge is 0.312 e. The van der Waals surface area contributed by atoms with Gasteiger partial charge in [0.25, 0.3) is 0 Å². The number of urea groups is 3. The molecule has 4 aromatic rings. The van der Waals surface area contributed by atoms with Crippen molar-refractivity contribution in [3.8, 4) is 11.5 Å². The number of unbranched alkanes of at least 4 members (excludes halogenated alkanes) is 1. The summed E-state index contributed by atoms with van der Waals surface area (Å²) < 4.78 is 0. The Morgan fingerprint density at radius 3 is 1.27 bits per heavy atom. The van der Waals surface area contributed by atoms with Gasteiger partial charge in [0.1, 0.15) is 90.0 Å². The van der Waals surface area contributed by atoms with Gasteiger partial charge in [0, 0.05) is 83.1 Å². The van der Waals surface area contributed by atoms with Crippen molar-refractivity contribution >= 4 is 157 Å². The average molecular weight is 2070 g/mol. The summed E-state index contributed by atoms with van der Waals surface area (Å²) in [6.07, 6.45) is -2.60. The van der Waals surface area contributed by atoms with Gasteiger partial charge in [-0.2, -0.15) is 0 Å². The molecule has 4 aromatic carbocycles. The second-order valence-electron chi connectivity index (χ2n) is 34.6. The fourth-order valence-electron chi connectivity index (χ4n) is 15.5. The Morgan fingerprint density at radius 1 is 0.400 bits per heavy atom. The molecular formula is C90H140N34O19S2. The molecule has 2 aliphatic heterocycles. The molecule has 2 heterocycles. The van der Waals surface area contributed by atoms with E-state index in [1.165, 1.54) is 48.5 Å². The number of rotatable bonds is 47. The Labute approximate surface area is 844 Å². The van der Waals surface area contributed by atoms with Crippen LogP contribution in [0, 0.1) is 21.6 Å². The van der Waals surface area contributed by atoms with Gasteiger partial charge in [-0.05, 0) is 180 Å². The second kappa shape index (κ2) is 63.0. The van der Waals surface area contributed by atoms with Gasteiger partial charge in [0.2, 0.25) is 82.7 Å². The third-order valence-corrected chi connectivity index (χ3v) is 25.6. The molecule has 0 aliphatic carbocycles. The standard InChI is InChI=1S/C90H140N34O19S2/c91-34-4-3-16-58-74(131)118-63(22-11-41-111-90(104)143)83(140)124-42-12-23-69(124)82(139)121-65(45-50-27-32-55(126)33-28-50)78(135)117-61(20-9-38-108-87(100)101)73(130)115-62(21-10-40-110-89(103)142)76(133)122-67(80(137)112-57(70(93)127)17-6-35-105-84(94)95)47-144-145-48-68(81(138)120-64(44-49-25-30-54(125)31-26-49)77(134)116-60(72(129)114-58)19-8-37-107-86(98)99)123-79(136)66(46-51-24-29-52-13-1-2-14-53(52)43-51)119-75(132)59(18-7-36-106-85(96)97)113-71(128)56(92)15-5-39-109-88(102)141/h1-2,13-14,24-33,43,56-69,125-126H,3-12,15-23,34-42,44-48,91-92H2,(H2,93,127)(H,112,137)(H,113,128)(H,114,129)(H,115,130)(H,116,134)(H,117,135)(H,118,131)(H,119,132)(H,120,138)(H,121,139)(H,122,133)(H,123,136)(H4,94,95,105)(H4,96,97,106)(H4,98,99,107)(H4,100,101,108)(H3,102,109,141)(H3,103,110,142)(H3,104,111,143)/t56-,57-,58-,59-,60-,61-,62-,63+,64-,65-,66-,67-,68-,69-/m0/s1. The molecule has 2 saturated heterocycles. The van der Waals surface area contributed by atoms with E-state index in [2.05, 4.69) is 101 Å². The topological polar surface area (TPSA) is 918 Å². The molecule has 53 nitrogen and oxygen atoms in total. The van der Waals surface area contributed by atoms with Gasteiger partial charge in [0.05, 0.1) is 6.04 Å². The SMILES string of the molecule is N=C(N)NCCC[C@H](NC(=O)[C@@H]1CSSC[C@H](NC(=O)[C@H](Cc2ccc3ccccc3c2)NC(=O)[C@H](CCCNC(=N)N)NC(=O)[C@@H](N)CCCNC(N)=O)C(=O)N[C@@H](Cc2ccc(O)cc2)C(=O)N[C@@H](CCCNC(=N)N)C(=O)N[C@@H](CCCCN)C(=O)N[C@H](CCCNC(N)=O)C(=O)N2CCC[C@H]2C(=O)N[C@@H](Cc2ccc(O)cc2)C(=O)N[C@@H](CCCNC(=N)N)C(=O)N[C@@H](CCCNC(N)=O)C(=O)N1)C(N)=O. The number of aromatic hydroxyl groups is 2. The highest BCUT2D eigenvalue weighted by molar-refractivity contribution is 8.76. The van der Waals surface area contributed by atoms with Crippen molar-refractivity contribution in [3.05, 3.63) is 108 Å². The number of fused-ring (bicyclic) bond motifs is 2. The van der Waals surface area contributed by atoms with Crippen molar-refractivity contribution in [2.45, 2.75) is 226 Å². The zero-order valence-electron chi connectivity index (χ0n) is 80.4. The van der Waals surface area contributed by atoms with Crippen molar-refractivity contribution in [3.63, 3.8) is 0 Å². The zero-order chi connectivity index (χ0) is 107. The molecule has 2 fully saturated rings. The maximum atomic E-state index is 16.0. The fourth-order valence-corrected chi connectivity index (χ4v) is 17.9. The van der Waals surface area contributed by atoms with Gasteiger partial charge in [0.15, 0.2) is 23.8 Å². The largest absolute Gasteiger partial charge is 0.508 e. The van der Waals surface area contributed by atoms with Crippen molar-refractivity contribution < 1.29 is 91.7 Å². The van der Waals surface area contributed by atoms with Crippen molar-refractivity contribution in [2.75, 3.05) is 70.4 Å². The van der Waals surface area contributed by atoms with E-state index in [4.69, 9.17) is 79.0 Å². The average Bonchev–Trinajstić information content (AvgIpc) is 1.75. The molecule has 20 amide bonds. The summed E-state index contributed by atoms with van der Waals surface area (Å²) in [6.45, 7) is -0.574. The molecule has 796 valence electrons. The first-order chi connectivity index (χ1) is 69.1. The number of benzene rings is 4. The van der Waals surface area contributed by atoms with Crippen LogP contribution in [0.4, 0.5) is 14.4 Å². The van der Waals surface area contributed by atoms with Gasteiger partial charge in [-0.15, -0.1) is 0 Å². The minimum absolute atomic E-state index is 0.00188. The minimum Gasteiger partial charge on any atom is -0.508 e. The number of phenols is 2. The summed E-state index contributed by atoms with van der Waals surface area (Å²) in [4.78, 5) is 250. The summed E-state index contributed by atoms with van der Waals surface area (Å²) in [7, 11) is 1.49. The number of nitrogens with one attached hydrogen (secondary N) is 23. The monoisotopic (exact) mass is 2070 g/mol. The van der Waals surface area contributed by atoms with Gasteiger partial charge in [-0.25, -0.2) is 14.4 Å². The van der Waals surface area contributed by atoms with E-state index in [-0.39, 0.29) is 204 Å². The zero-order valence-corrected chi connectivity index (χ0v) is 82.1. The first-order valence-electron chi connectivity index (χ1n) is 47.5. The number of hydrogen-bond donors (Lipinski definition) is 35. The third-order valence-electron chi connectivity index (χ3n) is 23.2. The van der Waals surface area contributed by atoms with Crippen LogP contribution < -0.4 is 158 Å². The van der Waals surface area contributed by atoms with Crippen LogP contribution in [0.2, 0.25) is 0 Å². The number of phenolic OH excluding ortho intramolecular Hbond substituents is 2. The Kier molecular flexibility index (Phi) is 51.5. The molecule has 145 heavy (non-hydrogen) atoms. The van der Waals surface area contributed by atoms with Gasteiger partial charge < -0.3 is 173 Å². The van der Waals surface area contributed by atoms with E-state index in [1.54, 1.807) is 36.4 Å². The van der Waals surface area contributed by atoms with E-state index in [0.29, 0.717) is 16.5 Å². The van der Waals surface area contributed by atoms with Crippen LogP contribution in [-0.4, -0.2) is 295 Å². The minimum atomic E-state index is -1.92. The second-order valence-corrected chi connectivity index (χ2v) is 37.2. The molecule has 0 saturated carbocycles. The number of carbonyl (C=O) groups is 17. The summed E-state index contributed by atoms with van der Waals surface area (Å²) in [5, 5.41) is 104. The molecule has 0 radical (unpaired) electrons. The van der Waals surface area contributed by atoms with E-state index in [9.17, 15) is 34.2 Å². The van der Waals surface area contributed by atoms with E-state index >= 15 is 57.5 Å². The molecule has 55 heteroatoms. The van der Waals surface area contributed by atoms with Gasteiger partial charge >= 0.3 is 18.1 Å². The van der Waals surface area contributed by atoms with E-state index in [0.717, 1.165) is 31.9 Å². The Balaban J connectivity index is 1.62. The first kappa shape index (κ1) is 119. The Morgan fingerprint density at radius 2 is 0.793 bits per heavy atom. The predicted octanol–water partition coefficient (Wildman–Crippen LogP) is -7.18. The highest BCUT2D eigenvalue weighted by Crippen LogP contribution is 2.27. The number of hydrogen-bond acceptors (Lipinski definition) is 27. The van der Waals surface area contributed by atoms with E-state index < -0.39 is 234 Å². The quantitative estimate of drug-likeness (QED) is 0.00846.